The second-order valence-corrected chi connectivity index (χ2v) is 12.2. The van der Waals surface area contributed by atoms with Crippen LogP contribution in [0.1, 0.15) is 50.2 Å². The molecule has 2 aromatic carbocycles. The summed E-state index contributed by atoms with van der Waals surface area (Å²) in [6.45, 7) is 4.31. The zero-order valence-electron chi connectivity index (χ0n) is 26.8. The molecule has 1 heterocycles. The van der Waals surface area contributed by atoms with Crippen LogP contribution in [0, 0.1) is 5.92 Å². The average Bonchev–Trinajstić information content (AvgIpc) is 3.07. The molecule has 3 unspecified atom stereocenters. The normalized spacial score (nSPS) is 15.2. The summed E-state index contributed by atoms with van der Waals surface area (Å²) in [5, 5.41) is 14.1. The summed E-state index contributed by atoms with van der Waals surface area (Å²) in [5.74, 6) is -0.287. The Morgan fingerprint density at radius 1 is 0.870 bits per heavy atom. The molecule has 3 rings (SSSR count). The minimum absolute atomic E-state index is 0.00339. The topological polar surface area (TPSA) is 164 Å². The van der Waals surface area contributed by atoms with Gasteiger partial charge < -0.3 is 37.1 Å². The fourth-order valence-electron chi connectivity index (χ4n) is 5.39. The van der Waals surface area contributed by atoms with Crippen LogP contribution in [0.15, 0.2) is 54.6 Å². The van der Waals surface area contributed by atoms with Crippen molar-refractivity contribution in [2.75, 3.05) is 38.5 Å². The molecule has 0 aromatic heterocycles. The van der Waals surface area contributed by atoms with Crippen LogP contribution in [0.2, 0.25) is 0 Å². The molecule has 4 amide bonds. The minimum atomic E-state index is -1.01. The van der Waals surface area contributed by atoms with Crippen molar-refractivity contribution in [3.8, 4) is 5.75 Å². The standard InChI is InChI=1S/C34H50N6O5S/c1-24(19-27-10-12-28(13-11-27)45-18-6-5-7-25-14-16-36-17-15-25)38-33(43)29(20-26-8-3-2-4-9-26)40-34(44)30(23-46)39-32(42)22-37-31(41)21-35/h2-4,8-13,24-25,29-30,36,46H,5-7,14-23,35H2,1H3,(H,37,41)(H,38,43)(H,39,42)(H,40,44). The molecule has 0 saturated carbocycles. The maximum Gasteiger partial charge on any atom is 0.244 e. The summed E-state index contributed by atoms with van der Waals surface area (Å²) >= 11 is 4.20. The molecule has 1 aliphatic heterocycles. The van der Waals surface area contributed by atoms with Crippen molar-refractivity contribution in [2.24, 2.45) is 11.7 Å². The third-order valence-corrected chi connectivity index (χ3v) is 8.33. The van der Waals surface area contributed by atoms with Gasteiger partial charge in [0.15, 0.2) is 0 Å². The van der Waals surface area contributed by atoms with E-state index in [2.05, 4.69) is 39.2 Å². The van der Waals surface area contributed by atoms with E-state index in [4.69, 9.17) is 10.5 Å². The van der Waals surface area contributed by atoms with Crippen molar-refractivity contribution in [3.63, 3.8) is 0 Å². The first-order valence-electron chi connectivity index (χ1n) is 16.2. The number of carbonyl (C=O) groups is 4. The third-order valence-electron chi connectivity index (χ3n) is 7.97. The Balaban J connectivity index is 1.49. The zero-order chi connectivity index (χ0) is 33.1. The van der Waals surface area contributed by atoms with Crippen molar-refractivity contribution < 1.29 is 23.9 Å². The van der Waals surface area contributed by atoms with Crippen LogP contribution >= 0.6 is 12.6 Å². The van der Waals surface area contributed by atoms with Crippen molar-refractivity contribution in [1.82, 2.24) is 26.6 Å². The van der Waals surface area contributed by atoms with Gasteiger partial charge in [-0.05, 0) is 81.3 Å². The number of rotatable bonds is 19. The van der Waals surface area contributed by atoms with Gasteiger partial charge in [-0.1, -0.05) is 48.9 Å². The van der Waals surface area contributed by atoms with Crippen molar-refractivity contribution >= 4 is 36.3 Å². The van der Waals surface area contributed by atoms with Crippen molar-refractivity contribution in [1.29, 1.82) is 0 Å². The maximum absolute atomic E-state index is 13.4. The van der Waals surface area contributed by atoms with Gasteiger partial charge in [0.05, 0.1) is 19.7 Å². The van der Waals surface area contributed by atoms with E-state index in [0.29, 0.717) is 13.0 Å². The molecule has 2 aromatic rings. The molecule has 1 saturated heterocycles. The molecule has 1 aliphatic rings. The number of carbonyl (C=O) groups excluding carboxylic acids is 4. The Morgan fingerprint density at radius 3 is 2.22 bits per heavy atom. The minimum Gasteiger partial charge on any atom is -0.494 e. The molecular weight excluding hydrogens is 604 g/mol. The number of hydrogen-bond acceptors (Lipinski definition) is 8. The van der Waals surface area contributed by atoms with Gasteiger partial charge in [-0.3, -0.25) is 19.2 Å². The molecule has 252 valence electrons. The van der Waals surface area contributed by atoms with Gasteiger partial charge in [0, 0.05) is 18.2 Å². The smallest absolute Gasteiger partial charge is 0.244 e. The maximum atomic E-state index is 13.4. The van der Waals surface area contributed by atoms with Gasteiger partial charge in [0.1, 0.15) is 17.8 Å². The molecule has 0 spiro atoms. The lowest BCUT2D eigenvalue weighted by atomic mass is 9.93. The van der Waals surface area contributed by atoms with Crippen LogP contribution in [0.25, 0.3) is 0 Å². The number of nitrogens with one attached hydrogen (secondary N) is 5. The Bertz CT molecular complexity index is 1230. The van der Waals surface area contributed by atoms with Gasteiger partial charge in [-0.15, -0.1) is 0 Å². The van der Waals surface area contributed by atoms with Crippen LogP contribution in [-0.4, -0.2) is 80.3 Å². The van der Waals surface area contributed by atoms with E-state index in [1.807, 2.05) is 61.5 Å². The highest BCUT2D eigenvalue weighted by molar-refractivity contribution is 7.80. The molecule has 0 bridgehead atoms. The first-order chi connectivity index (χ1) is 22.3. The summed E-state index contributed by atoms with van der Waals surface area (Å²) in [5.41, 5.74) is 7.16. The summed E-state index contributed by atoms with van der Waals surface area (Å²) in [6, 6.07) is 15.2. The monoisotopic (exact) mass is 654 g/mol. The number of nitrogens with two attached hydrogens (primary N) is 1. The quantitative estimate of drug-likeness (QED) is 0.0892. The van der Waals surface area contributed by atoms with E-state index in [0.717, 1.165) is 42.3 Å². The van der Waals surface area contributed by atoms with Crippen LogP contribution < -0.4 is 37.1 Å². The Labute approximate surface area is 278 Å². The molecule has 12 heteroatoms. The van der Waals surface area contributed by atoms with E-state index in [1.54, 1.807) is 0 Å². The SMILES string of the molecule is CC(Cc1ccc(OCCCCC2CCNCC2)cc1)NC(=O)C(Cc1ccccc1)NC(=O)C(CS)NC(=O)CNC(=O)CN. The molecular formula is C34H50N6O5S. The summed E-state index contributed by atoms with van der Waals surface area (Å²) in [6.07, 6.45) is 6.91. The fraction of sp³-hybridized carbons (Fsp3) is 0.529. The van der Waals surface area contributed by atoms with Gasteiger partial charge in [-0.25, -0.2) is 0 Å². The zero-order valence-corrected chi connectivity index (χ0v) is 27.7. The second kappa shape index (κ2) is 20.5. The number of amides is 4. The lowest BCUT2D eigenvalue weighted by molar-refractivity contribution is -0.132. The van der Waals surface area contributed by atoms with Crippen molar-refractivity contribution in [2.45, 2.75) is 70.0 Å². The molecule has 3 atom stereocenters. The van der Waals surface area contributed by atoms with Crippen molar-refractivity contribution in [3.05, 3.63) is 65.7 Å². The number of hydrogen-bond donors (Lipinski definition) is 7. The first kappa shape index (κ1) is 36.9. The van der Waals surface area contributed by atoms with Crippen LogP contribution in [0.4, 0.5) is 0 Å². The van der Waals surface area contributed by atoms with E-state index in [1.165, 1.54) is 25.7 Å². The average molecular weight is 655 g/mol. The Morgan fingerprint density at radius 2 is 1.54 bits per heavy atom. The van der Waals surface area contributed by atoms with Gasteiger partial charge in [-0.2, -0.15) is 12.6 Å². The lowest BCUT2D eigenvalue weighted by Gasteiger charge is -2.24. The molecule has 7 N–H and O–H groups in total. The molecule has 0 radical (unpaired) electrons. The number of unbranched alkanes of at least 4 members (excludes halogenated alkanes) is 1. The number of thiol groups is 1. The molecule has 0 aliphatic carbocycles. The van der Waals surface area contributed by atoms with Gasteiger partial charge >= 0.3 is 0 Å². The lowest BCUT2D eigenvalue weighted by Crippen LogP contribution is -2.56. The first-order valence-corrected chi connectivity index (χ1v) is 16.8. The Kier molecular flexibility index (Phi) is 16.4. The van der Waals surface area contributed by atoms with E-state index >= 15 is 0 Å². The van der Waals surface area contributed by atoms with Gasteiger partial charge in [0.25, 0.3) is 0 Å². The molecule has 11 nitrogen and oxygen atoms in total. The highest BCUT2D eigenvalue weighted by atomic mass is 32.1. The van der Waals surface area contributed by atoms with E-state index < -0.39 is 29.8 Å². The number of ether oxygens (including phenoxy) is 1. The largest absolute Gasteiger partial charge is 0.494 e. The van der Waals surface area contributed by atoms with Crippen LogP contribution in [-0.2, 0) is 32.0 Å². The molecule has 46 heavy (non-hydrogen) atoms. The van der Waals surface area contributed by atoms with E-state index in [-0.39, 0.29) is 37.2 Å². The van der Waals surface area contributed by atoms with E-state index in [9.17, 15) is 19.2 Å². The van der Waals surface area contributed by atoms with Crippen LogP contribution in [0.3, 0.4) is 0 Å². The summed E-state index contributed by atoms with van der Waals surface area (Å²) in [4.78, 5) is 50.2. The Hall–Kier alpha value is -3.61. The summed E-state index contributed by atoms with van der Waals surface area (Å²) < 4.78 is 5.95. The van der Waals surface area contributed by atoms with Crippen LogP contribution in [0.5, 0.6) is 5.75 Å². The highest BCUT2D eigenvalue weighted by Gasteiger charge is 2.27. The fourth-order valence-corrected chi connectivity index (χ4v) is 5.64. The number of piperidine rings is 1. The number of benzene rings is 2. The van der Waals surface area contributed by atoms with Gasteiger partial charge in [0.2, 0.25) is 23.6 Å². The highest BCUT2D eigenvalue weighted by Crippen LogP contribution is 2.19. The predicted octanol–water partition coefficient (Wildman–Crippen LogP) is 1.50. The second-order valence-electron chi connectivity index (χ2n) is 11.8. The summed E-state index contributed by atoms with van der Waals surface area (Å²) in [7, 11) is 0. The third kappa shape index (κ3) is 13.8. The predicted molar refractivity (Wildman–Crippen MR) is 183 cm³/mol. The molecule has 1 fully saturated rings.